The molecule has 4 heteroatoms. The number of alkyl halides is 3. The molecule has 0 aliphatic carbocycles. The fourth-order valence-electron chi connectivity index (χ4n) is 0.497. The molecule has 0 aromatic rings. The summed E-state index contributed by atoms with van der Waals surface area (Å²) in [6, 6.07) is 1.79. The molecule has 0 aromatic heterocycles. The molecule has 0 aliphatic heterocycles. The molecule has 0 unspecified atom stereocenters. The maximum Gasteiger partial charge on any atom is 0.203 e. The third-order valence-electron chi connectivity index (χ3n) is 1.04. The van der Waals surface area contributed by atoms with Crippen molar-refractivity contribution in [2.75, 3.05) is 5.88 Å². The summed E-state index contributed by atoms with van der Waals surface area (Å²) >= 11 is 16.4. The van der Waals surface area contributed by atoms with Crippen LogP contribution in [0.25, 0.3) is 0 Å². The third-order valence-corrected chi connectivity index (χ3v) is 1.85. The van der Waals surface area contributed by atoms with Gasteiger partial charge >= 0.3 is 0 Å². The zero-order valence-corrected chi connectivity index (χ0v) is 7.68. The molecule has 58 valence electrons. The van der Waals surface area contributed by atoms with Gasteiger partial charge < -0.3 is 0 Å². The first-order valence-corrected chi connectivity index (χ1v) is 4.26. The smallest absolute Gasteiger partial charge is 0.195 e. The highest BCUT2D eigenvalue weighted by Gasteiger charge is 2.21. The van der Waals surface area contributed by atoms with E-state index in [0.29, 0.717) is 12.3 Å². The first-order chi connectivity index (χ1) is 4.62. The second-order valence-electron chi connectivity index (χ2n) is 1.96. The number of rotatable bonds is 4. The van der Waals surface area contributed by atoms with Crippen LogP contribution in [-0.4, -0.2) is 10.2 Å². The fourth-order valence-corrected chi connectivity index (χ4v) is 0.954. The van der Waals surface area contributed by atoms with Crippen LogP contribution in [0.5, 0.6) is 0 Å². The summed E-state index contributed by atoms with van der Waals surface area (Å²) in [6.45, 7) is 0. The van der Waals surface area contributed by atoms with Gasteiger partial charge in [-0.2, -0.15) is 5.26 Å². The monoisotopic (exact) mass is 199 g/mol. The van der Waals surface area contributed by atoms with Gasteiger partial charge in [-0.05, 0) is 19.3 Å². The van der Waals surface area contributed by atoms with E-state index in [1.54, 1.807) is 6.07 Å². The summed E-state index contributed by atoms with van der Waals surface area (Å²) in [7, 11) is 0. The minimum atomic E-state index is -1.22. The largest absolute Gasteiger partial charge is 0.203 e. The van der Waals surface area contributed by atoms with Gasteiger partial charge in [0.25, 0.3) is 0 Å². The van der Waals surface area contributed by atoms with E-state index in [0.717, 1.165) is 12.8 Å². The Balaban J connectivity index is 3.40. The molecule has 0 aromatic carbocycles. The van der Waals surface area contributed by atoms with Crippen molar-refractivity contribution in [3.8, 4) is 6.07 Å². The van der Waals surface area contributed by atoms with Gasteiger partial charge in [0.2, 0.25) is 4.33 Å². The van der Waals surface area contributed by atoms with Crippen LogP contribution in [0.4, 0.5) is 0 Å². The van der Waals surface area contributed by atoms with Gasteiger partial charge in [0.05, 0.1) is 0 Å². The Morgan fingerprint density at radius 3 is 2.30 bits per heavy atom. The second-order valence-corrected chi connectivity index (χ2v) is 3.82. The lowest BCUT2D eigenvalue weighted by Crippen LogP contribution is -2.08. The van der Waals surface area contributed by atoms with E-state index >= 15 is 0 Å². The van der Waals surface area contributed by atoms with Gasteiger partial charge in [0, 0.05) is 5.88 Å². The number of nitrogens with zero attached hydrogens (tertiary/aromatic N) is 1. The molecule has 10 heavy (non-hydrogen) atoms. The van der Waals surface area contributed by atoms with E-state index in [1.165, 1.54) is 0 Å². The van der Waals surface area contributed by atoms with Crippen LogP contribution >= 0.6 is 34.8 Å². The van der Waals surface area contributed by atoms with Gasteiger partial charge in [-0.25, -0.2) is 0 Å². The summed E-state index contributed by atoms with van der Waals surface area (Å²) in [4.78, 5) is 0. The second kappa shape index (κ2) is 5.07. The lowest BCUT2D eigenvalue weighted by atomic mass is 10.2. The number of halogens is 3. The van der Waals surface area contributed by atoms with Gasteiger partial charge in [-0.1, -0.05) is 23.2 Å². The van der Waals surface area contributed by atoms with Gasteiger partial charge in [0.15, 0.2) is 0 Å². The summed E-state index contributed by atoms with van der Waals surface area (Å²) < 4.78 is -1.22. The van der Waals surface area contributed by atoms with Crippen LogP contribution < -0.4 is 0 Å². The topological polar surface area (TPSA) is 23.8 Å². The van der Waals surface area contributed by atoms with Crippen molar-refractivity contribution in [2.45, 2.75) is 23.6 Å². The van der Waals surface area contributed by atoms with E-state index in [4.69, 9.17) is 40.1 Å². The van der Waals surface area contributed by atoms with Gasteiger partial charge in [0.1, 0.15) is 6.07 Å². The summed E-state index contributed by atoms with van der Waals surface area (Å²) in [5.41, 5.74) is 0. The van der Waals surface area contributed by atoms with Crippen molar-refractivity contribution in [1.82, 2.24) is 0 Å². The maximum absolute atomic E-state index is 8.35. The molecule has 0 saturated carbocycles. The Morgan fingerprint density at radius 2 is 1.90 bits per heavy atom. The van der Waals surface area contributed by atoms with Crippen molar-refractivity contribution < 1.29 is 0 Å². The maximum atomic E-state index is 8.35. The molecule has 0 amide bonds. The molecule has 0 heterocycles. The van der Waals surface area contributed by atoms with E-state index in [9.17, 15) is 0 Å². The van der Waals surface area contributed by atoms with Crippen molar-refractivity contribution in [3.05, 3.63) is 0 Å². The van der Waals surface area contributed by atoms with Crippen LogP contribution in [0.3, 0.4) is 0 Å². The predicted molar refractivity (Wildman–Crippen MR) is 44.6 cm³/mol. The van der Waals surface area contributed by atoms with E-state index in [2.05, 4.69) is 0 Å². The number of hydrogen-bond acceptors (Lipinski definition) is 1. The molecule has 0 rings (SSSR count). The molecule has 0 spiro atoms. The summed E-state index contributed by atoms with van der Waals surface area (Å²) in [6.07, 6.45) is 2.13. The van der Waals surface area contributed by atoms with Crippen LogP contribution in [0.15, 0.2) is 0 Å². The number of unbranched alkanes of at least 4 members (excludes halogenated alkanes) is 1. The standard InChI is InChI=1S/C6H8Cl3N/c7-4-2-1-3-6(8,9)5-10/h1-4H2. The fraction of sp³-hybridized carbons (Fsp3) is 0.833. The first kappa shape index (κ1) is 10.4. The summed E-state index contributed by atoms with van der Waals surface area (Å²) in [5, 5.41) is 8.35. The lowest BCUT2D eigenvalue weighted by Gasteiger charge is -2.07. The van der Waals surface area contributed by atoms with Crippen molar-refractivity contribution >= 4 is 34.8 Å². The Bertz CT molecular complexity index is 127. The van der Waals surface area contributed by atoms with Crippen LogP contribution in [0.1, 0.15) is 19.3 Å². The molecule has 0 fully saturated rings. The normalized spacial score (nSPS) is 11.0. The Kier molecular flexibility index (Phi) is 5.25. The van der Waals surface area contributed by atoms with E-state index in [1.807, 2.05) is 0 Å². The minimum absolute atomic E-state index is 0.485. The van der Waals surface area contributed by atoms with Crippen LogP contribution in [0, 0.1) is 11.3 Å². The molecule has 1 nitrogen and oxygen atoms in total. The SMILES string of the molecule is N#CC(Cl)(Cl)CCCCCl. The van der Waals surface area contributed by atoms with Gasteiger partial charge in [-0.3, -0.25) is 0 Å². The molecule has 0 radical (unpaired) electrons. The van der Waals surface area contributed by atoms with E-state index in [-0.39, 0.29) is 0 Å². The molecule has 0 saturated heterocycles. The van der Waals surface area contributed by atoms with Crippen LogP contribution in [0.2, 0.25) is 0 Å². The Labute approximate surface area is 75.9 Å². The first-order valence-electron chi connectivity index (χ1n) is 2.97. The minimum Gasteiger partial charge on any atom is -0.195 e. The van der Waals surface area contributed by atoms with Gasteiger partial charge in [-0.15, -0.1) is 11.6 Å². The molecule has 0 atom stereocenters. The Morgan fingerprint density at radius 1 is 1.30 bits per heavy atom. The molecular formula is C6H8Cl3N. The van der Waals surface area contributed by atoms with Crippen molar-refractivity contribution in [2.24, 2.45) is 0 Å². The number of hydrogen-bond donors (Lipinski definition) is 0. The lowest BCUT2D eigenvalue weighted by molar-refractivity contribution is 0.713. The zero-order chi connectivity index (χ0) is 8.04. The average molecular weight is 200 g/mol. The average Bonchev–Trinajstić information content (AvgIpc) is 1.89. The summed E-state index contributed by atoms with van der Waals surface area (Å²) in [5.74, 6) is 0.593. The zero-order valence-electron chi connectivity index (χ0n) is 5.41. The number of nitriles is 1. The van der Waals surface area contributed by atoms with Crippen LogP contribution in [-0.2, 0) is 0 Å². The molecule has 0 bridgehead atoms. The third kappa shape index (κ3) is 5.17. The van der Waals surface area contributed by atoms with Crippen molar-refractivity contribution in [1.29, 1.82) is 5.26 Å². The predicted octanol–water partition coefficient (Wildman–Crippen LogP) is 3.09. The highest BCUT2D eigenvalue weighted by molar-refractivity contribution is 6.50. The highest BCUT2D eigenvalue weighted by Crippen LogP contribution is 2.26. The Hall–Kier alpha value is 0.360. The quantitative estimate of drug-likeness (QED) is 0.505. The van der Waals surface area contributed by atoms with Crippen molar-refractivity contribution in [3.63, 3.8) is 0 Å². The molecule has 0 N–H and O–H groups in total. The highest BCUT2D eigenvalue weighted by atomic mass is 35.5. The van der Waals surface area contributed by atoms with E-state index < -0.39 is 4.33 Å². The molecular weight excluding hydrogens is 192 g/mol. The molecule has 0 aliphatic rings.